The molecule has 1 heterocycles. The van der Waals surface area contributed by atoms with Gasteiger partial charge < -0.3 is 24.2 Å². The summed E-state index contributed by atoms with van der Waals surface area (Å²) in [5.74, 6) is -0.636. The molecule has 1 aliphatic heterocycles. The van der Waals surface area contributed by atoms with Crippen molar-refractivity contribution < 1.29 is 28.9 Å². The van der Waals surface area contributed by atoms with Crippen LogP contribution >= 0.6 is 11.6 Å². The first-order valence-electron chi connectivity index (χ1n) is 10.8. The fourth-order valence-electron chi connectivity index (χ4n) is 3.76. The average Bonchev–Trinajstić information content (AvgIpc) is 3.08. The summed E-state index contributed by atoms with van der Waals surface area (Å²) in [5, 5.41) is 11.4. The van der Waals surface area contributed by atoms with Crippen molar-refractivity contribution in [1.29, 1.82) is 0 Å². The number of halogens is 1. The number of likely N-dealkylation sites (tertiary alicyclic amines) is 1. The molecule has 2 aromatic carbocycles. The lowest BCUT2D eigenvalue weighted by Crippen LogP contribution is -2.31. The lowest BCUT2D eigenvalue weighted by atomic mass is 9.95. The SMILES string of the molecule is CCCOc1ccc(C2/C(=C(\O)c3cc(OC)ccc3Cl)C(=O)C(=O)N2CCCOC)cc1. The van der Waals surface area contributed by atoms with Gasteiger partial charge in [0.25, 0.3) is 11.7 Å². The van der Waals surface area contributed by atoms with Gasteiger partial charge in [0.05, 0.1) is 30.4 Å². The van der Waals surface area contributed by atoms with Crippen LogP contribution in [-0.2, 0) is 14.3 Å². The van der Waals surface area contributed by atoms with Crippen LogP contribution in [-0.4, -0.2) is 55.7 Å². The monoisotopic (exact) mass is 473 g/mol. The van der Waals surface area contributed by atoms with Crippen molar-refractivity contribution in [3.63, 3.8) is 0 Å². The van der Waals surface area contributed by atoms with Gasteiger partial charge in [-0.25, -0.2) is 0 Å². The second-order valence-corrected chi connectivity index (χ2v) is 8.01. The van der Waals surface area contributed by atoms with E-state index < -0.39 is 17.7 Å². The Kier molecular flexibility index (Phi) is 8.36. The molecule has 1 amide bonds. The minimum atomic E-state index is -0.774. The number of rotatable bonds is 10. The van der Waals surface area contributed by atoms with E-state index in [1.165, 1.54) is 18.1 Å². The Labute approximate surface area is 198 Å². The molecule has 7 nitrogen and oxygen atoms in total. The van der Waals surface area contributed by atoms with Gasteiger partial charge in [0.1, 0.15) is 17.3 Å². The highest BCUT2D eigenvalue weighted by atomic mass is 35.5. The molecular formula is C25H28ClNO6. The molecule has 0 spiro atoms. The standard InChI is InChI=1S/C25H28ClNO6/c1-4-13-33-17-8-6-16(7-9-17)22-21(24(29)25(30)27(22)12-5-14-31-2)23(28)19-15-18(32-3)10-11-20(19)26/h6-11,15,22,28H,4-5,12-14H2,1-3H3/b23-21+. The summed E-state index contributed by atoms with van der Waals surface area (Å²) in [5.41, 5.74) is 0.879. The predicted octanol–water partition coefficient (Wildman–Crippen LogP) is 4.60. The molecule has 8 heteroatoms. The number of nitrogens with zero attached hydrogens (tertiary/aromatic N) is 1. The van der Waals surface area contributed by atoms with E-state index in [-0.39, 0.29) is 21.9 Å². The van der Waals surface area contributed by atoms with Gasteiger partial charge in [-0.3, -0.25) is 9.59 Å². The van der Waals surface area contributed by atoms with Crippen molar-refractivity contribution in [3.05, 3.63) is 64.2 Å². The van der Waals surface area contributed by atoms with Gasteiger partial charge in [0.15, 0.2) is 0 Å². The van der Waals surface area contributed by atoms with Crippen LogP contribution in [0.3, 0.4) is 0 Å². The summed E-state index contributed by atoms with van der Waals surface area (Å²) < 4.78 is 16.0. The van der Waals surface area contributed by atoms with Crippen LogP contribution in [0.5, 0.6) is 11.5 Å². The molecular weight excluding hydrogens is 446 g/mol. The molecule has 0 radical (unpaired) electrons. The maximum Gasteiger partial charge on any atom is 0.295 e. The number of aliphatic hydroxyl groups excluding tert-OH is 1. The number of carbonyl (C=O) groups excluding carboxylic acids is 2. The van der Waals surface area contributed by atoms with Gasteiger partial charge in [-0.15, -0.1) is 0 Å². The normalized spacial score (nSPS) is 17.5. The molecule has 0 aliphatic carbocycles. The van der Waals surface area contributed by atoms with E-state index in [0.717, 1.165) is 6.42 Å². The minimum Gasteiger partial charge on any atom is -0.507 e. The minimum absolute atomic E-state index is 0.0187. The van der Waals surface area contributed by atoms with E-state index >= 15 is 0 Å². The zero-order chi connectivity index (χ0) is 24.0. The number of Topliss-reactive ketones (excluding diaryl/α,β-unsaturated/α-hetero) is 1. The Bertz CT molecular complexity index is 1030. The maximum absolute atomic E-state index is 13.1. The Morgan fingerprint density at radius 2 is 1.76 bits per heavy atom. The quantitative estimate of drug-likeness (QED) is 0.235. The third kappa shape index (κ3) is 5.31. The van der Waals surface area contributed by atoms with Crippen molar-refractivity contribution in [2.24, 2.45) is 0 Å². The first-order chi connectivity index (χ1) is 15.9. The van der Waals surface area contributed by atoms with Gasteiger partial charge in [-0.05, 0) is 48.7 Å². The number of hydrogen-bond donors (Lipinski definition) is 1. The lowest BCUT2D eigenvalue weighted by molar-refractivity contribution is -0.140. The van der Waals surface area contributed by atoms with Crippen LogP contribution in [0.4, 0.5) is 0 Å². The predicted molar refractivity (Wildman–Crippen MR) is 126 cm³/mol. The zero-order valence-electron chi connectivity index (χ0n) is 19.0. The molecule has 1 saturated heterocycles. The Morgan fingerprint density at radius 3 is 2.39 bits per heavy atom. The van der Waals surface area contributed by atoms with Crippen LogP contribution < -0.4 is 9.47 Å². The van der Waals surface area contributed by atoms with Crippen molar-refractivity contribution in [2.75, 3.05) is 34.0 Å². The molecule has 3 rings (SSSR count). The van der Waals surface area contributed by atoms with E-state index in [1.807, 2.05) is 6.92 Å². The number of ketones is 1. The molecule has 1 fully saturated rings. The molecule has 1 aliphatic rings. The Balaban J connectivity index is 2.10. The molecule has 1 unspecified atom stereocenters. The lowest BCUT2D eigenvalue weighted by Gasteiger charge is -2.25. The number of aliphatic hydroxyl groups is 1. The fraction of sp³-hybridized carbons (Fsp3) is 0.360. The van der Waals surface area contributed by atoms with Crippen molar-refractivity contribution in [3.8, 4) is 11.5 Å². The maximum atomic E-state index is 13.1. The van der Waals surface area contributed by atoms with Crippen LogP contribution in [0, 0.1) is 0 Å². The molecule has 2 aromatic rings. The van der Waals surface area contributed by atoms with E-state index in [4.69, 9.17) is 25.8 Å². The number of methoxy groups -OCH3 is 2. The van der Waals surface area contributed by atoms with Crippen molar-refractivity contribution in [2.45, 2.75) is 25.8 Å². The number of carbonyl (C=O) groups is 2. The topological polar surface area (TPSA) is 85.3 Å². The molecule has 33 heavy (non-hydrogen) atoms. The van der Waals surface area contributed by atoms with Crippen molar-refractivity contribution in [1.82, 2.24) is 4.90 Å². The molecule has 1 atom stereocenters. The summed E-state index contributed by atoms with van der Waals surface area (Å²) in [7, 11) is 3.06. The summed E-state index contributed by atoms with van der Waals surface area (Å²) in [6.07, 6.45) is 1.42. The third-order valence-electron chi connectivity index (χ3n) is 5.38. The van der Waals surface area contributed by atoms with E-state index in [9.17, 15) is 14.7 Å². The third-order valence-corrected chi connectivity index (χ3v) is 5.71. The Hall–Kier alpha value is -3.03. The number of ether oxygens (including phenoxy) is 3. The molecule has 0 bridgehead atoms. The number of benzene rings is 2. The second-order valence-electron chi connectivity index (χ2n) is 7.60. The molecule has 176 valence electrons. The van der Waals surface area contributed by atoms with Crippen LogP contribution in [0.1, 0.15) is 36.9 Å². The van der Waals surface area contributed by atoms with E-state index in [0.29, 0.717) is 43.2 Å². The van der Waals surface area contributed by atoms with Gasteiger partial charge in [0, 0.05) is 25.8 Å². The highest BCUT2D eigenvalue weighted by Gasteiger charge is 2.46. The van der Waals surface area contributed by atoms with E-state index in [2.05, 4.69) is 0 Å². The van der Waals surface area contributed by atoms with Gasteiger partial charge in [-0.2, -0.15) is 0 Å². The fourth-order valence-corrected chi connectivity index (χ4v) is 3.97. The average molecular weight is 474 g/mol. The van der Waals surface area contributed by atoms with Gasteiger partial charge in [0.2, 0.25) is 0 Å². The smallest absolute Gasteiger partial charge is 0.295 e. The first kappa shape index (κ1) is 24.6. The first-order valence-corrected chi connectivity index (χ1v) is 11.1. The number of amides is 1. The van der Waals surface area contributed by atoms with Gasteiger partial charge in [-0.1, -0.05) is 30.7 Å². The van der Waals surface area contributed by atoms with Gasteiger partial charge >= 0.3 is 0 Å². The summed E-state index contributed by atoms with van der Waals surface area (Å²) >= 11 is 6.32. The molecule has 1 N–H and O–H groups in total. The largest absolute Gasteiger partial charge is 0.507 e. The molecule has 0 aromatic heterocycles. The summed E-state index contributed by atoms with van der Waals surface area (Å²) in [6.45, 7) is 3.33. The Morgan fingerprint density at radius 1 is 1.06 bits per heavy atom. The van der Waals surface area contributed by atoms with Crippen LogP contribution in [0.2, 0.25) is 5.02 Å². The van der Waals surface area contributed by atoms with Crippen LogP contribution in [0.25, 0.3) is 5.76 Å². The number of hydrogen-bond acceptors (Lipinski definition) is 6. The second kappa shape index (κ2) is 11.2. The summed E-state index contributed by atoms with van der Waals surface area (Å²) in [4.78, 5) is 27.5. The van der Waals surface area contributed by atoms with E-state index in [1.54, 1.807) is 43.5 Å². The molecule has 0 saturated carbocycles. The van der Waals surface area contributed by atoms with Crippen LogP contribution in [0.15, 0.2) is 48.0 Å². The zero-order valence-corrected chi connectivity index (χ0v) is 19.7. The van der Waals surface area contributed by atoms with Crippen molar-refractivity contribution >= 4 is 29.1 Å². The highest BCUT2D eigenvalue weighted by Crippen LogP contribution is 2.41. The highest BCUT2D eigenvalue weighted by molar-refractivity contribution is 6.47. The summed E-state index contributed by atoms with van der Waals surface area (Å²) in [6, 6.07) is 11.2.